The van der Waals surface area contributed by atoms with Crippen molar-refractivity contribution in [1.29, 1.82) is 0 Å². The zero-order valence-electron chi connectivity index (χ0n) is 33.8. The lowest BCUT2D eigenvalue weighted by molar-refractivity contribution is -0.384. The first-order chi connectivity index (χ1) is 27.8. The Bertz CT molecular complexity index is 2030. The number of non-ortho nitro benzene ring substituents is 1. The number of hydrogen-bond donors (Lipinski definition) is 4. The molecule has 4 N–H and O–H groups in total. The molecule has 0 aliphatic heterocycles. The number of hydrogen-bond acceptors (Lipinski definition) is 9. The Hall–Kier alpha value is -6.44. The van der Waals surface area contributed by atoms with Gasteiger partial charge in [-0.15, -0.1) is 0 Å². The van der Waals surface area contributed by atoms with E-state index in [1.807, 2.05) is 12.1 Å². The van der Waals surface area contributed by atoms with Crippen molar-refractivity contribution in [2.24, 2.45) is 0 Å². The lowest BCUT2D eigenvalue weighted by atomic mass is 9.87. The molecule has 0 aromatic heterocycles. The Morgan fingerprint density at radius 1 is 0.586 bits per heavy atom. The standard InChI is InChI=1S/C44H53N5O9/c1-6-8-10-12-25-56-38-29-37(43(53)48-46-41(51)31-15-14-16-35(27-31)58-34-23-21-33(22-24-34)49(54)55)39(57-26-13-11-9-7-2)28-36(38)42(52)47-45-40(50)30-17-19-32(20-18-30)44(3,4)5/h14-24,27-29H,6-13,25-26H2,1-5H3,(H,45,50)(H,46,51)(H,47,52)(H,48,53). The third-order valence-corrected chi connectivity index (χ3v) is 9.05. The number of hydrazine groups is 2. The molecule has 308 valence electrons. The number of nitro groups is 1. The molecular weight excluding hydrogens is 743 g/mol. The lowest BCUT2D eigenvalue weighted by Crippen LogP contribution is -2.42. The summed E-state index contributed by atoms with van der Waals surface area (Å²) in [6.07, 6.45) is 7.24. The van der Waals surface area contributed by atoms with Crippen LogP contribution in [0.25, 0.3) is 0 Å². The van der Waals surface area contributed by atoms with Crippen LogP contribution in [0.3, 0.4) is 0 Å². The van der Waals surface area contributed by atoms with E-state index in [9.17, 15) is 29.3 Å². The molecule has 0 radical (unpaired) electrons. The summed E-state index contributed by atoms with van der Waals surface area (Å²) in [7, 11) is 0. The van der Waals surface area contributed by atoms with Gasteiger partial charge >= 0.3 is 0 Å². The third-order valence-electron chi connectivity index (χ3n) is 9.05. The molecule has 4 amide bonds. The van der Waals surface area contributed by atoms with Crippen LogP contribution in [0.5, 0.6) is 23.0 Å². The van der Waals surface area contributed by atoms with Crippen molar-refractivity contribution in [3.63, 3.8) is 0 Å². The van der Waals surface area contributed by atoms with Gasteiger partial charge in [0.15, 0.2) is 0 Å². The van der Waals surface area contributed by atoms with Crippen molar-refractivity contribution < 1.29 is 38.3 Å². The molecule has 0 bridgehead atoms. The molecule has 0 fully saturated rings. The Morgan fingerprint density at radius 3 is 1.57 bits per heavy atom. The second-order valence-corrected chi connectivity index (χ2v) is 14.7. The molecular formula is C44H53N5O9. The second kappa shape index (κ2) is 21.8. The molecule has 0 unspecified atom stereocenters. The SMILES string of the molecule is CCCCCCOc1cc(C(=O)NNC(=O)c2cccc(Oc3ccc([N+](=O)[O-])cc3)c2)c(OCCCCCC)cc1C(=O)NNC(=O)c1ccc(C(C)(C)C)cc1. The highest BCUT2D eigenvalue weighted by Crippen LogP contribution is 2.31. The van der Waals surface area contributed by atoms with Crippen LogP contribution < -0.4 is 35.9 Å². The number of ether oxygens (including phenoxy) is 3. The van der Waals surface area contributed by atoms with Gasteiger partial charge < -0.3 is 14.2 Å². The van der Waals surface area contributed by atoms with Crippen molar-refractivity contribution in [2.75, 3.05) is 13.2 Å². The summed E-state index contributed by atoms with van der Waals surface area (Å²) in [5.41, 5.74) is 11.2. The van der Waals surface area contributed by atoms with E-state index in [4.69, 9.17) is 14.2 Å². The lowest BCUT2D eigenvalue weighted by Gasteiger charge is -2.19. The van der Waals surface area contributed by atoms with Crippen molar-refractivity contribution in [3.8, 4) is 23.0 Å². The highest BCUT2D eigenvalue weighted by Gasteiger charge is 2.23. The number of nitrogens with one attached hydrogen (secondary N) is 4. The fourth-order valence-electron chi connectivity index (χ4n) is 5.68. The second-order valence-electron chi connectivity index (χ2n) is 14.7. The molecule has 14 nitrogen and oxygen atoms in total. The summed E-state index contributed by atoms with van der Waals surface area (Å²) in [6.45, 7) is 10.9. The van der Waals surface area contributed by atoms with Crippen molar-refractivity contribution in [1.82, 2.24) is 21.7 Å². The van der Waals surface area contributed by atoms with Gasteiger partial charge in [-0.2, -0.15) is 0 Å². The van der Waals surface area contributed by atoms with Gasteiger partial charge in [-0.25, -0.2) is 0 Å². The maximum Gasteiger partial charge on any atom is 0.273 e. The summed E-state index contributed by atoms with van der Waals surface area (Å²) in [6, 6.07) is 21.6. The minimum absolute atomic E-state index is 0.00845. The van der Waals surface area contributed by atoms with E-state index in [0.29, 0.717) is 24.2 Å². The highest BCUT2D eigenvalue weighted by molar-refractivity contribution is 6.04. The van der Waals surface area contributed by atoms with Gasteiger partial charge in [0.1, 0.15) is 23.0 Å². The number of nitrogens with zero attached hydrogens (tertiary/aromatic N) is 1. The molecule has 0 saturated carbocycles. The van der Waals surface area contributed by atoms with Crippen LogP contribution in [-0.4, -0.2) is 41.8 Å². The van der Waals surface area contributed by atoms with E-state index in [-0.39, 0.29) is 58.3 Å². The van der Waals surface area contributed by atoms with Gasteiger partial charge in [0.2, 0.25) is 0 Å². The fourth-order valence-corrected chi connectivity index (χ4v) is 5.68. The number of carbonyl (C=O) groups is 4. The van der Waals surface area contributed by atoms with Gasteiger partial charge in [0.25, 0.3) is 29.3 Å². The van der Waals surface area contributed by atoms with Crippen molar-refractivity contribution in [3.05, 3.63) is 123 Å². The summed E-state index contributed by atoms with van der Waals surface area (Å²) in [5.74, 6) is -1.81. The predicted molar refractivity (Wildman–Crippen MR) is 220 cm³/mol. The van der Waals surface area contributed by atoms with Crippen LogP contribution in [0.15, 0.2) is 84.9 Å². The van der Waals surface area contributed by atoms with Crippen LogP contribution in [-0.2, 0) is 5.41 Å². The largest absolute Gasteiger partial charge is 0.493 e. The molecule has 58 heavy (non-hydrogen) atoms. The molecule has 0 aliphatic rings. The van der Waals surface area contributed by atoms with Crippen LogP contribution in [0.1, 0.15) is 133 Å². The molecule has 4 aromatic rings. The molecule has 0 aliphatic carbocycles. The third kappa shape index (κ3) is 13.4. The van der Waals surface area contributed by atoms with Crippen LogP contribution >= 0.6 is 0 Å². The zero-order chi connectivity index (χ0) is 42.1. The Morgan fingerprint density at radius 2 is 1.09 bits per heavy atom. The maximum absolute atomic E-state index is 13.7. The zero-order valence-corrected chi connectivity index (χ0v) is 33.8. The monoisotopic (exact) mass is 795 g/mol. The van der Waals surface area contributed by atoms with E-state index in [0.717, 1.165) is 44.1 Å². The molecule has 4 rings (SSSR count). The van der Waals surface area contributed by atoms with Gasteiger partial charge in [-0.3, -0.25) is 51.0 Å². The minimum atomic E-state index is -0.731. The van der Waals surface area contributed by atoms with Crippen LogP contribution in [0.4, 0.5) is 5.69 Å². The van der Waals surface area contributed by atoms with E-state index >= 15 is 0 Å². The molecule has 0 atom stereocenters. The van der Waals surface area contributed by atoms with Gasteiger partial charge in [0, 0.05) is 23.3 Å². The maximum atomic E-state index is 13.7. The average molecular weight is 796 g/mol. The first kappa shape index (κ1) is 44.3. The van der Waals surface area contributed by atoms with Crippen LogP contribution in [0, 0.1) is 10.1 Å². The molecule has 4 aromatic carbocycles. The predicted octanol–water partition coefficient (Wildman–Crippen LogP) is 8.75. The first-order valence-electron chi connectivity index (χ1n) is 19.6. The normalized spacial score (nSPS) is 10.9. The van der Waals surface area contributed by atoms with Crippen molar-refractivity contribution in [2.45, 2.75) is 91.4 Å². The Kier molecular flexibility index (Phi) is 16.6. The number of unbranched alkanes of at least 4 members (excludes halogenated alkanes) is 6. The highest BCUT2D eigenvalue weighted by atomic mass is 16.6. The first-order valence-corrected chi connectivity index (χ1v) is 19.6. The number of nitro benzene ring substituents is 1. The number of benzene rings is 4. The van der Waals surface area contributed by atoms with E-state index < -0.39 is 28.6 Å². The fraction of sp³-hybridized carbons (Fsp3) is 0.364. The molecule has 0 heterocycles. The van der Waals surface area contributed by atoms with Gasteiger partial charge in [-0.05, 0) is 78.4 Å². The van der Waals surface area contributed by atoms with E-state index in [1.54, 1.807) is 24.3 Å². The molecule has 0 saturated heterocycles. The number of carbonyl (C=O) groups excluding carboxylic acids is 4. The molecule has 14 heteroatoms. The van der Waals surface area contributed by atoms with Gasteiger partial charge in [0.05, 0.1) is 29.3 Å². The van der Waals surface area contributed by atoms with Crippen molar-refractivity contribution >= 4 is 29.3 Å². The Balaban J connectivity index is 1.54. The summed E-state index contributed by atoms with van der Waals surface area (Å²) in [5, 5.41) is 11.0. The topological polar surface area (TPSA) is 187 Å². The van der Waals surface area contributed by atoms with E-state index in [2.05, 4.69) is 56.3 Å². The summed E-state index contributed by atoms with van der Waals surface area (Å²) >= 11 is 0. The van der Waals surface area contributed by atoms with Crippen LogP contribution in [0.2, 0.25) is 0 Å². The quantitative estimate of drug-likeness (QED) is 0.0409. The summed E-state index contributed by atoms with van der Waals surface area (Å²) in [4.78, 5) is 64.1. The smallest absolute Gasteiger partial charge is 0.273 e. The minimum Gasteiger partial charge on any atom is -0.493 e. The average Bonchev–Trinajstić information content (AvgIpc) is 3.21. The van der Waals surface area contributed by atoms with E-state index in [1.165, 1.54) is 48.5 Å². The number of rotatable bonds is 19. The molecule has 0 spiro atoms. The number of amides is 4. The Labute approximate surface area is 339 Å². The summed E-state index contributed by atoms with van der Waals surface area (Å²) < 4.78 is 17.9. The van der Waals surface area contributed by atoms with Gasteiger partial charge in [-0.1, -0.05) is 91.3 Å².